The van der Waals surface area contributed by atoms with Crippen LogP contribution >= 0.6 is 0 Å². The van der Waals surface area contributed by atoms with Crippen molar-refractivity contribution in [1.29, 1.82) is 0 Å². The molecule has 0 unspecified atom stereocenters. The minimum absolute atomic E-state index is 0.0112. The fourth-order valence-corrected chi connectivity index (χ4v) is 4.45. The highest BCUT2D eigenvalue weighted by Gasteiger charge is 2.45. The highest BCUT2D eigenvalue weighted by molar-refractivity contribution is 5.86. The molecule has 6 nitrogen and oxygen atoms in total. The topological polar surface area (TPSA) is 58.4 Å². The summed E-state index contributed by atoms with van der Waals surface area (Å²) in [5.41, 5.74) is 2.16. The molecule has 2 aliphatic rings. The molecule has 0 N–H and O–H groups in total. The zero-order chi connectivity index (χ0) is 18.9. The van der Waals surface area contributed by atoms with Gasteiger partial charge in [0.25, 0.3) is 0 Å². The summed E-state index contributed by atoms with van der Waals surface area (Å²) in [6, 6.07) is 9.88. The van der Waals surface area contributed by atoms with Crippen molar-refractivity contribution in [3.05, 3.63) is 48.3 Å². The Kier molecular flexibility index (Phi) is 4.72. The summed E-state index contributed by atoms with van der Waals surface area (Å²) in [4.78, 5) is 28.5. The van der Waals surface area contributed by atoms with Crippen LogP contribution in [-0.2, 0) is 16.1 Å². The van der Waals surface area contributed by atoms with Gasteiger partial charge in [0.15, 0.2) is 0 Å². The largest absolute Gasteiger partial charge is 0.340 e. The Morgan fingerprint density at radius 1 is 1.26 bits per heavy atom. The maximum Gasteiger partial charge on any atom is 0.242 e. The molecular weight excluding hydrogens is 340 g/mol. The van der Waals surface area contributed by atoms with Crippen LogP contribution in [0.3, 0.4) is 0 Å². The number of amides is 2. The molecule has 0 bridgehead atoms. The molecule has 2 fully saturated rings. The van der Waals surface area contributed by atoms with Gasteiger partial charge in [0.2, 0.25) is 11.8 Å². The molecular formula is C21H26N4O2. The van der Waals surface area contributed by atoms with E-state index in [0.29, 0.717) is 13.0 Å². The normalized spacial score (nSPS) is 18.4. The summed E-state index contributed by atoms with van der Waals surface area (Å²) in [7, 11) is 1.80. The van der Waals surface area contributed by atoms with Crippen LogP contribution in [0, 0.1) is 5.41 Å². The number of carbonyl (C=O) groups excluding carboxylic acids is 2. The molecule has 2 heterocycles. The van der Waals surface area contributed by atoms with Gasteiger partial charge in [0.05, 0.1) is 12.2 Å². The Labute approximate surface area is 159 Å². The molecule has 2 aromatic rings. The minimum Gasteiger partial charge on any atom is -0.340 e. The van der Waals surface area contributed by atoms with E-state index in [1.165, 1.54) is 12.8 Å². The third-order valence-electron chi connectivity index (χ3n) is 5.92. The van der Waals surface area contributed by atoms with Crippen molar-refractivity contribution in [3.63, 3.8) is 0 Å². The lowest BCUT2D eigenvalue weighted by Crippen LogP contribution is -2.39. The van der Waals surface area contributed by atoms with E-state index in [2.05, 4.69) is 5.10 Å². The SMILES string of the molecule is CN(Cc1cccc(-n2cccn2)c1)C(=O)CN1CC2(CCCC2)CC1=O. The predicted molar refractivity (Wildman–Crippen MR) is 102 cm³/mol. The van der Waals surface area contributed by atoms with Crippen molar-refractivity contribution in [2.24, 2.45) is 5.41 Å². The maximum atomic E-state index is 12.7. The van der Waals surface area contributed by atoms with Gasteiger partial charge in [-0.15, -0.1) is 0 Å². The van der Waals surface area contributed by atoms with E-state index in [-0.39, 0.29) is 23.8 Å². The van der Waals surface area contributed by atoms with Crippen molar-refractivity contribution in [2.75, 3.05) is 20.1 Å². The molecule has 0 radical (unpaired) electrons. The van der Waals surface area contributed by atoms with Gasteiger partial charge in [-0.25, -0.2) is 4.68 Å². The van der Waals surface area contributed by atoms with Gasteiger partial charge >= 0.3 is 0 Å². The van der Waals surface area contributed by atoms with E-state index in [1.54, 1.807) is 27.7 Å². The van der Waals surface area contributed by atoms with Crippen molar-refractivity contribution in [1.82, 2.24) is 19.6 Å². The Hall–Kier alpha value is -2.63. The summed E-state index contributed by atoms with van der Waals surface area (Å²) >= 11 is 0. The van der Waals surface area contributed by atoms with Crippen LogP contribution in [0.1, 0.15) is 37.7 Å². The van der Waals surface area contributed by atoms with Crippen LogP contribution in [-0.4, -0.2) is 51.5 Å². The molecule has 1 saturated heterocycles. The summed E-state index contributed by atoms with van der Waals surface area (Å²) in [6.07, 6.45) is 8.93. The lowest BCUT2D eigenvalue weighted by atomic mass is 9.85. The first-order valence-corrected chi connectivity index (χ1v) is 9.65. The van der Waals surface area contributed by atoms with Gasteiger partial charge in [0, 0.05) is 39.0 Å². The molecule has 142 valence electrons. The fourth-order valence-electron chi connectivity index (χ4n) is 4.45. The van der Waals surface area contributed by atoms with Crippen molar-refractivity contribution < 1.29 is 9.59 Å². The second-order valence-electron chi connectivity index (χ2n) is 8.00. The third-order valence-corrected chi connectivity index (χ3v) is 5.92. The van der Waals surface area contributed by atoms with Crippen molar-refractivity contribution >= 4 is 11.8 Å². The van der Waals surface area contributed by atoms with Crippen LogP contribution < -0.4 is 0 Å². The molecule has 1 aliphatic carbocycles. The Morgan fingerprint density at radius 3 is 2.81 bits per heavy atom. The molecule has 1 aromatic carbocycles. The lowest BCUT2D eigenvalue weighted by molar-refractivity contribution is -0.137. The molecule has 1 saturated carbocycles. The zero-order valence-corrected chi connectivity index (χ0v) is 15.8. The van der Waals surface area contributed by atoms with Crippen molar-refractivity contribution in [3.8, 4) is 5.69 Å². The van der Waals surface area contributed by atoms with Gasteiger partial charge in [-0.2, -0.15) is 5.10 Å². The van der Waals surface area contributed by atoms with Crippen LogP contribution in [0.2, 0.25) is 0 Å². The summed E-state index contributed by atoms with van der Waals surface area (Å²) in [5, 5.41) is 4.25. The zero-order valence-electron chi connectivity index (χ0n) is 15.8. The quantitative estimate of drug-likeness (QED) is 0.817. The number of hydrogen-bond acceptors (Lipinski definition) is 3. The minimum atomic E-state index is -0.0112. The number of benzene rings is 1. The first-order chi connectivity index (χ1) is 13.0. The number of likely N-dealkylation sites (tertiary alicyclic amines) is 1. The van der Waals surface area contributed by atoms with Crippen LogP contribution in [0.25, 0.3) is 5.69 Å². The van der Waals surface area contributed by atoms with E-state index in [9.17, 15) is 9.59 Å². The molecule has 1 aliphatic heterocycles. The maximum absolute atomic E-state index is 12.7. The average molecular weight is 366 g/mol. The summed E-state index contributed by atoms with van der Waals surface area (Å²) in [6.45, 7) is 1.46. The van der Waals surface area contributed by atoms with E-state index in [4.69, 9.17) is 0 Å². The second-order valence-corrected chi connectivity index (χ2v) is 8.00. The summed E-state index contributed by atoms with van der Waals surface area (Å²) in [5.74, 6) is 0.127. The molecule has 2 amide bonds. The molecule has 1 spiro atoms. The number of carbonyl (C=O) groups is 2. The number of likely N-dealkylation sites (N-methyl/N-ethyl adjacent to an activating group) is 1. The Balaban J connectivity index is 1.37. The highest BCUT2D eigenvalue weighted by Crippen LogP contribution is 2.45. The smallest absolute Gasteiger partial charge is 0.242 e. The Morgan fingerprint density at radius 2 is 2.07 bits per heavy atom. The van der Waals surface area contributed by atoms with Crippen LogP contribution in [0.4, 0.5) is 0 Å². The third kappa shape index (κ3) is 3.75. The lowest BCUT2D eigenvalue weighted by Gasteiger charge is -2.25. The van der Waals surface area contributed by atoms with Gasteiger partial charge in [-0.3, -0.25) is 9.59 Å². The molecule has 27 heavy (non-hydrogen) atoms. The van der Waals surface area contributed by atoms with Crippen LogP contribution in [0.5, 0.6) is 0 Å². The molecule has 6 heteroatoms. The van der Waals surface area contributed by atoms with Gasteiger partial charge in [-0.1, -0.05) is 25.0 Å². The van der Waals surface area contributed by atoms with Gasteiger partial charge in [-0.05, 0) is 42.0 Å². The monoisotopic (exact) mass is 366 g/mol. The fraction of sp³-hybridized carbons (Fsp3) is 0.476. The van der Waals surface area contributed by atoms with Gasteiger partial charge < -0.3 is 9.80 Å². The number of rotatable bonds is 5. The van der Waals surface area contributed by atoms with E-state index < -0.39 is 0 Å². The molecule has 1 aromatic heterocycles. The van der Waals surface area contributed by atoms with E-state index in [0.717, 1.165) is 30.6 Å². The Bertz CT molecular complexity index is 824. The predicted octanol–water partition coefficient (Wildman–Crippen LogP) is 2.62. The second kappa shape index (κ2) is 7.18. The average Bonchev–Trinajstić information content (AvgIpc) is 3.38. The summed E-state index contributed by atoms with van der Waals surface area (Å²) < 4.78 is 1.80. The number of hydrogen-bond donors (Lipinski definition) is 0. The van der Waals surface area contributed by atoms with E-state index in [1.807, 2.05) is 36.5 Å². The first-order valence-electron chi connectivity index (χ1n) is 9.65. The van der Waals surface area contributed by atoms with E-state index >= 15 is 0 Å². The van der Waals surface area contributed by atoms with Gasteiger partial charge in [0.1, 0.15) is 0 Å². The molecule has 4 rings (SSSR count). The van der Waals surface area contributed by atoms with Crippen molar-refractivity contribution in [2.45, 2.75) is 38.6 Å². The molecule has 0 atom stereocenters. The highest BCUT2D eigenvalue weighted by atomic mass is 16.2. The number of aromatic nitrogens is 2. The first kappa shape index (κ1) is 17.8. The number of nitrogens with zero attached hydrogens (tertiary/aromatic N) is 4. The van der Waals surface area contributed by atoms with Crippen LogP contribution in [0.15, 0.2) is 42.7 Å². The standard InChI is InChI=1S/C21H26N4O2/c1-23(14-17-6-4-7-18(12-17)25-11-5-10-22-25)20(27)15-24-16-21(13-19(24)26)8-2-3-9-21/h4-7,10-12H,2-3,8-9,13-16H2,1H3.